The maximum Gasteiger partial charge on any atom is 0.174 e. The van der Waals surface area contributed by atoms with E-state index in [1.54, 1.807) is 0 Å². The van der Waals surface area contributed by atoms with Crippen LogP contribution < -0.4 is 10.6 Å². The molecule has 3 N–H and O–H groups in total. The Bertz CT molecular complexity index is 527. The van der Waals surface area contributed by atoms with Crippen molar-refractivity contribution in [3.05, 3.63) is 23.0 Å². The Morgan fingerprint density at radius 3 is 2.50 bits per heavy atom. The van der Waals surface area contributed by atoms with Crippen LogP contribution in [0.1, 0.15) is 43.6 Å². The van der Waals surface area contributed by atoms with Crippen molar-refractivity contribution in [3.8, 4) is 0 Å². The average Bonchev–Trinajstić information content (AvgIpc) is 2.37. The fourth-order valence-electron chi connectivity index (χ4n) is 2.78. The smallest absolute Gasteiger partial charge is 0.174 e. The Morgan fingerprint density at radius 2 is 1.95 bits per heavy atom. The number of oxime groups is 1. The Balaban J connectivity index is 2.41. The standard InChI is InChI=1S/C15H24N4O/c1-10-9-12(13(11(2)17-10)14(16)18-20)19-7-5-15(3,4)6-8-19/h9,20H,5-8H2,1-4H3,(H2,16,18). The molecule has 2 rings (SSSR count). The largest absolute Gasteiger partial charge is 0.409 e. The number of hydrogen-bond donors (Lipinski definition) is 2. The molecule has 0 aromatic carbocycles. The second-order valence-corrected chi connectivity index (χ2v) is 6.38. The number of anilines is 1. The van der Waals surface area contributed by atoms with Crippen LogP contribution in [0.15, 0.2) is 11.2 Å². The third kappa shape index (κ3) is 2.86. The van der Waals surface area contributed by atoms with Crippen LogP contribution in [0.2, 0.25) is 0 Å². The van der Waals surface area contributed by atoms with Gasteiger partial charge in [-0.15, -0.1) is 0 Å². The molecule has 0 unspecified atom stereocenters. The van der Waals surface area contributed by atoms with E-state index in [2.05, 4.69) is 28.9 Å². The zero-order valence-corrected chi connectivity index (χ0v) is 12.8. The minimum atomic E-state index is 0.134. The number of rotatable bonds is 2. The molecule has 5 heteroatoms. The molecule has 1 aromatic rings. The molecular formula is C15H24N4O. The fourth-order valence-corrected chi connectivity index (χ4v) is 2.78. The molecule has 1 aromatic heterocycles. The van der Waals surface area contributed by atoms with Crippen LogP contribution in [-0.4, -0.2) is 29.1 Å². The van der Waals surface area contributed by atoms with Crippen LogP contribution in [0, 0.1) is 19.3 Å². The molecule has 5 nitrogen and oxygen atoms in total. The van der Waals surface area contributed by atoms with Gasteiger partial charge in [0, 0.05) is 18.8 Å². The lowest BCUT2D eigenvalue weighted by Crippen LogP contribution is -2.38. The first-order valence-corrected chi connectivity index (χ1v) is 7.05. The minimum Gasteiger partial charge on any atom is -0.409 e. The Hall–Kier alpha value is -1.78. The van der Waals surface area contributed by atoms with Gasteiger partial charge in [0.2, 0.25) is 0 Å². The number of nitrogens with two attached hydrogens (primary N) is 1. The number of nitrogens with zero attached hydrogens (tertiary/aromatic N) is 3. The Kier molecular flexibility index (Phi) is 3.88. The summed E-state index contributed by atoms with van der Waals surface area (Å²) in [4.78, 5) is 6.75. The van der Waals surface area contributed by atoms with E-state index < -0.39 is 0 Å². The molecule has 20 heavy (non-hydrogen) atoms. The fraction of sp³-hybridized carbons (Fsp3) is 0.600. The quantitative estimate of drug-likeness (QED) is 0.376. The third-order valence-electron chi connectivity index (χ3n) is 4.13. The number of aryl methyl sites for hydroxylation is 2. The summed E-state index contributed by atoms with van der Waals surface area (Å²) in [7, 11) is 0. The van der Waals surface area contributed by atoms with Crippen LogP contribution in [0.4, 0.5) is 5.69 Å². The molecule has 2 heterocycles. The molecule has 1 aliphatic heterocycles. The van der Waals surface area contributed by atoms with E-state index in [4.69, 9.17) is 10.9 Å². The predicted octanol–water partition coefficient (Wildman–Crippen LogP) is 2.42. The highest BCUT2D eigenvalue weighted by molar-refractivity contribution is 6.03. The van der Waals surface area contributed by atoms with Crippen LogP contribution in [0.3, 0.4) is 0 Å². The van der Waals surface area contributed by atoms with Crippen molar-refractivity contribution < 1.29 is 5.21 Å². The van der Waals surface area contributed by atoms with Crippen molar-refractivity contribution >= 4 is 11.5 Å². The second-order valence-electron chi connectivity index (χ2n) is 6.38. The minimum absolute atomic E-state index is 0.134. The lowest BCUT2D eigenvalue weighted by molar-refractivity contribution is 0.279. The summed E-state index contributed by atoms with van der Waals surface area (Å²) in [6.07, 6.45) is 2.28. The van der Waals surface area contributed by atoms with Gasteiger partial charge in [0.25, 0.3) is 0 Å². The molecule has 0 bridgehead atoms. The summed E-state index contributed by atoms with van der Waals surface area (Å²) in [5, 5.41) is 12.2. The number of amidine groups is 1. The van der Waals surface area contributed by atoms with E-state index in [9.17, 15) is 0 Å². The predicted molar refractivity (Wildman–Crippen MR) is 81.4 cm³/mol. The molecule has 0 radical (unpaired) electrons. The molecule has 0 atom stereocenters. The van der Waals surface area contributed by atoms with Crippen molar-refractivity contribution in [2.24, 2.45) is 16.3 Å². The monoisotopic (exact) mass is 276 g/mol. The van der Waals surface area contributed by atoms with Gasteiger partial charge in [-0.1, -0.05) is 19.0 Å². The van der Waals surface area contributed by atoms with Gasteiger partial charge < -0.3 is 15.8 Å². The summed E-state index contributed by atoms with van der Waals surface area (Å²) in [6, 6.07) is 2.03. The third-order valence-corrected chi connectivity index (χ3v) is 4.13. The lowest BCUT2D eigenvalue weighted by Gasteiger charge is -2.39. The molecule has 110 valence electrons. The number of hydrogen-bond acceptors (Lipinski definition) is 4. The molecule has 0 spiro atoms. The zero-order chi connectivity index (χ0) is 14.9. The summed E-state index contributed by atoms with van der Waals surface area (Å²) in [6.45, 7) is 10.5. The number of piperidine rings is 1. The molecule has 1 saturated heterocycles. The average molecular weight is 276 g/mol. The van der Waals surface area contributed by atoms with Gasteiger partial charge in [0.15, 0.2) is 5.84 Å². The van der Waals surface area contributed by atoms with Gasteiger partial charge in [0.05, 0.1) is 16.9 Å². The van der Waals surface area contributed by atoms with Gasteiger partial charge in [-0.2, -0.15) is 0 Å². The number of pyridine rings is 1. The van der Waals surface area contributed by atoms with E-state index in [0.29, 0.717) is 5.41 Å². The molecule has 1 fully saturated rings. The van der Waals surface area contributed by atoms with Crippen LogP contribution >= 0.6 is 0 Å². The van der Waals surface area contributed by atoms with Crippen molar-refractivity contribution in [3.63, 3.8) is 0 Å². The maximum atomic E-state index is 9.00. The van der Waals surface area contributed by atoms with Gasteiger partial charge in [-0.25, -0.2) is 0 Å². The van der Waals surface area contributed by atoms with Crippen molar-refractivity contribution in [2.75, 3.05) is 18.0 Å². The van der Waals surface area contributed by atoms with E-state index >= 15 is 0 Å². The highest BCUT2D eigenvalue weighted by atomic mass is 16.4. The van der Waals surface area contributed by atoms with Crippen molar-refractivity contribution in [1.29, 1.82) is 0 Å². The van der Waals surface area contributed by atoms with E-state index in [1.165, 1.54) is 0 Å². The second kappa shape index (κ2) is 5.31. The molecule has 0 saturated carbocycles. The first-order chi connectivity index (χ1) is 9.34. The zero-order valence-electron chi connectivity index (χ0n) is 12.8. The molecule has 1 aliphatic rings. The highest BCUT2D eigenvalue weighted by Gasteiger charge is 2.27. The SMILES string of the molecule is Cc1cc(N2CCC(C)(C)CC2)c(/C(N)=N/O)c(C)n1. The van der Waals surface area contributed by atoms with Crippen molar-refractivity contribution in [1.82, 2.24) is 4.98 Å². The molecule has 0 aliphatic carbocycles. The van der Waals surface area contributed by atoms with Crippen LogP contribution in [0.25, 0.3) is 0 Å². The maximum absolute atomic E-state index is 9.00. The van der Waals surface area contributed by atoms with E-state index in [-0.39, 0.29) is 5.84 Å². The van der Waals surface area contributed by atoms with E-state index in [0.717, 1.165) is 48.6 Å². The normalized spacial score (nSPS) is 19.2. The summed E-state index contributed by atoms with van der Waals surface area (Å²) >= 11 is 0. The van der Waals surface area contributed by atoms with Crippen molar-refractivity contribution in [2.45, 2.75) is 40.5 Å². The van der Waals surface area contributed by atoms with Gasteiger partial charge >= 0.3 is 0 Å². The number of aromatic nitrogens is 1. The first kappa shape index (κ1) is 14.6. The Morgan fingerprint density at radius 1 is 1.35 bits per heavy atom. The summed E-state index contributed by atoms with van der Waals surface area (Å²) in [5.41, 5.74) is 9.77. The highest BCUT2D eigenvalue weighted by Crippen LogP contribution is 2.34. The molecular weight excluding hydrogens is 252 g/mol. The van der Waals surface area contributed by atoms with Crippen LogP contribution in [0.5, 0.6) is 0 Å². The summed E-state index contributed by atoms with van der Waals surface area (Å²) < 4.78 is 0. The van der Waals surface area contributed by atoms with Gasteiger partial charge in [-0.3, -0.25) is 4.98 Å². The topological polar surface area (TPSA) is 74.7 Å². The summed E-state index contributed by atoms with van der Waals surface area (Å²) in [5.74, 6) is 0.134. The van der Waals surface area contributed by atoms with E-state index in [1.807, 2.05) is 19.9 Å². The first-order valence-electron chi connectivity index (χ1n) is 7.05. The molecule has 0 amide bonds. The van der Waals surface area contributed by atoms with Gasteiger partial charge in [-0.05, 0) is 38.2 Å². The Labute approximate surface area is 120 Å². The lowest BCUT2D eigenvalue weighted by atomic mass is 9.82. The van der Waals surface area contributed by atoms with Crippen LogP contribution in [-0.2, 0) is 0 Å². The van der Waals surface area contributed by atoms with Gasteiger partial charge in [0.1, 0.15) is 0 Å².